The summed E-state index contributed by atoms with van der Waals surface area (Å²) in [4.78, 5) is 4.30. The highest BCUT2D eigenvalue weighted by molar-refractivity contribution is 6.17. The van der Waals surface area contributed by atoms with E-state index in [1.54, 1.807) is 6.20 Å². The molecule has 0 amide bonds. The summed E-state index contributed by atoms with van der Waals surface area (Å²) >= 11 is 5.71. The van der Waals surface area contributed by atoms with Crippen LogP contribution in [0, 0.1) is 0 Å². The van der Waals surface area contributed by atoms with E-state index in [1.807, 2.05) is 12.1 Å². The van der Waals surface area contributed by atoms with Gasteiger partial charge in [0, 0.05) is 23.5 Å². The minimum atomic E-state index is 0.151. The third-order valence-corrected chi connectivity index (χ3v) is 3.12. The molecule has 3 nitrogen and oxygen atoms in total. The summed E-state index contributed by atoms with van der Waals surface area (Å²) in [5.41, 5.74) is 5.02. The van der Waals surface area contributed by atoms with Gasteiger partial charge in [-0.05, 0) is 36.6 Å². The monoisotopic (exact) mass is 249 g/mol. The van der Waals surface area contributed by atoms with Crippen molar-refractivity contribution in [1.82, 2.24) is 10.4 Å². The Morgan fingerprint density at radius 2 is 2.24 bits per heavy atom. The second-order valence-corrected chi connectivity index (χ2v) is 4.38. The number of alkyl halides is 1. The first kappa shape index (κ1) is 12.3. The highest BCUT2D eigenvalue weighted by Gasteiger charge is 2.09. The Hall–Kier alpha value is -1.16. The molecular weight excluding hydrogens is 234 g/mol. The molecule has 0 aliphatic carbocycles. The highest BCUT2D eigenvalue weighted by atomic mass is 35.5. The van der Waals surface area contributed by atoms with E-state index < -0.39 is 0 Å². The van der Waals surface area contributed by atoms with Crippen molar-refractivity contribution in [1.29, 1.82) is 0 Å². The van der Waals surface area contributed by atoms with Crippen molar-refractivity contribution in [3.05, 3.63) is 42.1 Å². The number of benzene rings is 1. The summed E-state index contributed by atoms with van der Waals surface area (Å²) in [5.74, 6) is 6.24. The summed E-state index contributed by atoms with van der Waals surface area (Å²) in [5, 5.41) is 1.14. The standard InChI is InChI=1S/C13H16ClN3/c14-7-1-4-13(17-15)11-5-6-12-10(9-11)3-2-8-16-12/h2-3,5-6,8-9,13,17H,1,4,7,15H2. The van der Waals surface area contributed by atoms with E-state index in [-0.39, 0.29) is 6.04 Å². The molecular formula is C13H16ClN3. The van der Waals surface area contributed by atoms with E-state index in [0.29, 0.717) is 5.88 Å². The lowest BCUT2D eigenvalue weighted by Crippen LogP contribution is -2.28. The molecule has 0 radical (unpaired) electrons. The number of hydrazine groups is 1. The van der Waals surface area contributed by atoms with Crippen LogP contribution in [0.1, 0.15) is 24.4 Å². The van der Waals surface area contributed by atoms with Crippen molar-refractivity contribution in [3.8, 4) is 0 Å². The van der Waals surface area contributed by atoms with Gasteiger partial charge in [-0.1, -0.05) is 12.1 Å². The third-order valence-electron chi connectivity index (χ3n) is 2.86. The molecule has 0 saturated carbocycles. The van der Waals surface area contributed by atoms with Crippen molar-refractivity contribution in [2.24, 2.45) is 5.84 Å². The normalized spacial score (nSPS) is 12.8. The smallest absolute Gasteiger partial charge is 0.0702 e. The minimum absolute atomic E-state index is 0.151. The van der Waals surface area contributed by atoms with E-state index in [4.69, 9.17) is 17.4 Å². The Balaban J connectivity index is 2.27. The van der Waals surface area contributed by atoms with Crippen molar-refractivity contribution in [2.45, 2.75) is 18.9 Å². The van der Waals surface area contributed by atoms with E-state index in [1.165, 1.54) is 5.56 Å². The number of nitrogens with two attached hydrogens (primary N) is 1. The van der Waals surface area contributed by atoms with Crippen molar-refractivity contribution >= 4 is 22.5 Å². The molecule has 2 aromatic rings. The predicted molar refractivity (Wildman–Crippen MR) is 71.8 cm³/mol. The molecule has 1 atom stereocenters. The molecule has 3 N–H and O–H groups in total. The summed E-state index contributed by atoms with van der Waals surface area (Å²) in [7, 11) is 0. The Labute approximate surface area is 106 Å². The zero-order chi connectivity index (χ0) is 12.1. The molecule has 0 spiro atoms. The van der Waals surface area contributed by atoms with Crippen LogP contribution >= 0.6 is 11.6 Å². The summed E-state index contributed by atoms with van der Waals surface area (Å²) in [6, 6.07) is 10.4. The minimum Gasteiger partial charge on any atom is -0.271 e. The fourth-order valence-electron chi connectivity index (χ4n) is 1.94. The number of hydrogen-bond donors (Lipinski definition) is 2. The van der Waals surface area contributed by atoms with Crippen molar-refractivity contribution < 1.29 is 0 Å². The number of aromatic nitrogens is 1. The predicted octanol–water partition coefficient (Wildman–Crippen LogP) is 2.76. The molecule has 0 bridgehead atoms. The molecule has 2 rings (SSSR count). The van der Waals surface area contributed by atoms with Gasteiger partial charge in [0.2, 0.25) is 0 Å². The molecule has 90 valence electrons. The maximum absolute atomic E-state index is 5.71. The Morgan fingerprint density at radius 1 is 1.35 bits per heavy atom. The maximum atomic E-state index is 5.71. The van der Waals surface area contributed by atoms with Gasteiger partial charge in [-0.25, -0.2) is 0 Å². The molecule has 0 saturated heterocycles. The van der Waals surface area contributed by atoms with E-state index in [9.17, 15) is 0 Å². The largest absolute Gasteiger partial charge is 0.271 e. The summed E-state index contributed by atoms with van der Waals surface area (Å²) in [6.45, 7) is 0. The van der Waals surface area contributed by atoms with Crippen LogP contribution in [0.4, 0.5) is 0 Å². The van der Waals surface area contributed by atoms with Crippen LogP contribution in [0.15, 0.2) is 36.5 Å². The van der Waals surface area contributed by atoms with Gasteiger partial charge in [0.15, 0.2) is 0 Å². The van der Waals surface area contributed by atoms with Crippen LogP contribution < -0.4 is 11.3 Å². The first-order chi connectivity index (χ1) is 8.35. The Morgan fingerprint density at radius 3 is 3.00 bits per heavy atom. The third kappa shape index (κ3) is 2.94. The molecule has 17 heavy (non-hydrogen) atoms. The molecule has 0 aliphatic heterocycles. The van der Waals surface area contributed by atoms with Gasteiger partial charge in [0.25, 0.3) is 0 Å². The Bertz CT molecular complexity index is 487. The lowest BCUT2D eigenvalue weighted by Gasteiger charge is -2.16. The van der Waals surface area contributed by atoms with Crippen LogP contribution in [0.2, 0.25) is 0 Å². The van der Waals surface area contributed by atoms with Crippen LogP contribution in [-0.4, -0.2) is 10.9 Å². The van der Waals surface area contributed by atoms with Crippen LogP contribution in [-0.2, 0) is 0 Å². The van der Waals surface area contributed by atoms with Gasteiger partial charge in [-0.2, -0.15) is 0 Å². The van der Waals surface area contributed by atoms with Gasteiger partial charge >= 0.3 is 0 Å². The Kier molecular flexibility index (Phi) is 4.31. The van der Waals surface area contributed by atoms with E-state index in [0.717, 1.165) is 23.7 Å². The highest BCUT2D eigenvalue weighted by Crippen LogP contribution is 2.22. The number of pyridine rings is 1. The molecule has 1 aromatic heterocycles. The molecule has 0 aliphatic rings. The van der Waals surface area contributed by atoms with Gasteiger partial charge in [-0.3, -0.25) is 16.3 Å². The van der Waals surface area contributed by atoms with Gasteiger partial charge in [0.1, 0.15) is 0 Å². The summed E-state index contributed by atoms with van der Waals surface area (Å²) < 4.78 is 0. The average Bonchev–Trinajstić information content (AvgIpc) is 2.39. The quantitative estimate of drug-likeness (QED) is 0.487. The second-order valence-electron chi connectivity index (χ2n) is 4.01. The van der Waals surface area contributed by atoms with Gasteiger partial charge in [-0.15, -0.1) is 11.6 Å². The fraction of sp³-hybridized carbons (Fsp3) is 0.308. The van der Waals surface area contributed by atoms with Gasteiger partial charge in [0.05, 0.1) is 5.52 Å². The number of rotatable bonds is 5. The first-order valence-electron chi connectivity index (χ1n) is 5.72. The zero-order valence-corrected chi connectivity index (χ0v) is 10.3. The van der Waals surface area contributed by atoms with Crippen LogP contribution in [0.3, 0.4) is 0 Å². The topological polar surface area (TPSA) is 50.9 Å². The maximum Gasteiger partial charge on any atom is 0.0702 e. The number of hydrogen-bond acceptors (Lipinski definition) is 3. The average molecular weight is 250 g/mol. The number of nitrogens with zero attached hydrogens (tertiary/aromatic N) is 1. The van der Waals surface area contributed by atoms with E-state index >= 15 is 0 Å². The number of nitrogens with one attached hydrogen (secondary N) is 1. The lowest BCUT2D eigenvalue weighted by molar-refractivity contribution is 0.512. The molecule has 1 unspecified atom stereocenters. The van der Waals surface area contributed by atoms with E-state index in [2.05, 4.69) is 28.6 Å². The molecule has 1 heterocycles. The zero-order valence-electron chi connectivity index (χ0n) is 9.57. The number of fused-ring (bicyclic) bond motifs is 1. The number of halogens is 1. The SMILES string of the molecule is NNC(CCCCl)c1ccc2ncccc2c1. The first-order valence-corrected chi connectivity index (χ1v) is 6.25. The van der Waals surface area contributed by atoms with Crippen LogP contribution in [0.25, 0.3) is 10.9 Å². The summed E-state index contributed by atoms with van der Waals surface area (Å²) in [6.07, 6.45) is 3.68. The van der Waals surface area contributed by atoms with Crippen LogP contribution in [0.5, 0.6) is 0 Å². The molecule has 1 aromatic carbocycles. The van der Waals surface area contributed by atoms with Gasteiger partial charge < -0.3 is 0 Å². The van der Waals surface area contributed by atoms with Crippen molar-refractivity contribution in [2.75, 3.05) is 5.88 Å². The lowest BCUT2D eigenvalue weighted by atomic mass is 10.0. The van der Waals surface area contributed by atoms with Crippen molar-refractivity contribution in [3.63, 3.8) is 0 Å². The molecule has 4 heteroatoms. The fourth-order valence-corrected chi connectivity index (χ4v) is 2.09. The molecule has 0 fully saturated rings. The second kappa shape index (κ2) is 5.96.